The lowest BCUT2D eigenvalue weighted by molar-refractivity contribution is 0.370. The Morgan fingerprint density at radius 2 is 2.09 bits per heavy atom. The van der Waals surface area contributed by atoms with E-state index >= 15 is 0 Å². The van der Waals surface area contributed by atoms with Crippen molar-refractivity contribution in [1.82, 2.24) is 10.6 Å². The monoisotopic (exact) mass is 327 g/mol. The van der Waals surface area contributed by atoms with E-state index in [0.29, 0.717) is 6.61 Å². The number of nitrogens with one attached hydrogen (secondary N) is 2. The van der Waals surface area contributed by atoms with E-state index in [0.717, 1.165) is 31.2 Å². The minimum atomic E-state index is 0.299. The van der Waals surface area contributed by atoms with Gasteiger partial charge in [0.05, 0.1) is 6.54 Å². The predicted molar refractivity (Wildman–Crippen MR) is 97.0 cm³/mol. The van der Waals surface area contributed by atoms with E-state index in [1.165, 1.54) is 10.4 Å². The quantitative estimate of drug-likeness (QED) is 0.467. The van der Waals surface area contributed by atoms with Gasteiger partial charge in [0.1, 0.15) is 12.4 Å². The molecule has 0 radical (unpaired) electrons. The van der Waals surface area contributed by atoms with Crippen molar-refractivity contribution >= 4 is 17.3 Å². The summed E-state index contributed by atoms with van der Waals surface area (Å²) in [6.07, 6.45) is 6.08. The highest BCUT2D eigenvalue weighted by atomic mass is 32.1. The second-order valence-electron chi connectivity index (χ2n) is 4.82. The lowest BCUT2D eigenvalue weighted by Crippen LogP contribution is -2.37. The first-order chi connectivity index (χ1) is 11.3. The van der Waals surface area contributed by atoms with Crippen LogP contribution in [0.1, 0.15) is 10.4 Å². The number of guanidine groups is 1. The van der Waals surface area contributed by atoms with Crippen LogP contribution in [0.4, 0.5) is 0 Å². The van der Waals surface area contributed by atoms with Crippen LogP contribution in [0, 0.1) is 12.3 Å². The number of benzene rings is 1. The van der Waals surface area contributed by atoms with Crippen LogP contribution < -0.4 is 15.4 Å². The number of hydrogen-bond donors (Lipinski definition) is 2. The summed E-state index contributed by atoms with van der Waals surface area (Å²) >= 11 is 1.73. The molecule has 1 aromatic heterocycles. The molecule has 0 saturated heterocycles. The summed E-state index contributed by atoms with van der Waals surface area (Å²) in [5.41, 5.74) is 1.24. The smallest absolute Gasteiger partial charge is 0.191 e. The first kappa shape index (κ1) is 16.9. The zero-order valence-electron chi connectivity index (χ0n) is 13.2. The molecule has 0 aliphatic carbocycles. The Hall–Kier alpha value is -2.45. The highest BCUT2D eigenvalue weighted by Gasteiger charge is 2.00. The van der Waals surface area contributed by atoms with Crippen LogP contribution in [-0.4, -0.2) is 26.2 Å². The molecular formula is C18H21N3OS. The molecular weight excluding hydrogens is 306 g/mol. The van der Waals surface area contributed by atoms with E-state index in [9.17, 15) is 0 Å². The summed E-state index contributed by atoms with van der Waals surface area (Å²) in [6.45, 7) is 1.90. The molecule has 2 N–H and O–H groups in total. The molecule has 0 aliphatic rings. The van der Waals surface area contributed by atoms with Crippen LogP contribution >= 0.6 is 11.3 Å². The Bertz CT molecular complexity index is 642. The van der Waals surface area contributed by atoms with Crippen molar-refractivity contribution in [3.8, 4) is 18.1 Å². The van der Waals surface area contributed by atoms with E-state index in [4.69, 9.17) is 11.2 Å². The van der Waals surface area contributed by atoms with Gasteiger partial charge in [0.25, 0.3) is 0 Å². The van der Waals surface area contributed by atoms with Crippen molar-refractivity contribution in [2.45, 2.75) is 13.0 Å². The lowest BCUT2D eigenvalue weighted by atomic mass is 10.1. The fourth-order valence-electron chi connectivity index (χ4n) is 2.01. The van der Waals surface area contributed by atoms with Gasteiger partial charge in [-0.1, -0.05) is 24.1 Å². The summed E-state index contributed by atoms with van der Waals surface area (Å²) in [6, 6.07) is 12.1. The third-order valence-electron chi connectivity index (χ3n) is 3.19. The number of rotatable bonds is 7. The van der Waals surface area contributed by atoms with Gasteiger partial charge in [-0.2, -0.15) is 0 Å². The SMILES string of the molecule is C#CCOc1ccc(CCNC(=NC)NCc2cccs2)cc1. The molecule has 0 bridgehead atoms. The molecule has 23 heavy (non-hydrogen) atoms. The molecule has 0 atom stereocenters. The normalized spacial score (nSPS) is 10.9. The molecule has 0 fully saturated rings. The number of nitrogens with zero attached hydrogens (tertiary/aromatic N) is 1. The van der Waals surface area contributed by atoms with Crippen LogP contribution in [-0.2, 0) is 13.0 Å². The van der Waals surface area contributed by atoms with Crippen molar-refractivity contribution in [3.05, 3.63) is 52.2 Å². The first-order valence-corrected chi connectivity index (χ1v) is 8.32. The fraction of sp³-hybridized carbons (Fsp3) is 0.278. The number of thiophene rings is 1. The maximum atomic E-state index is 5.36. The molecule has 120 valence electrons. The van der Waals surface area contributed by atoms with Gasteiger partial charge in [-0.25, -0.2) is 0 Å². The zero-order valence-corrected chi connectivity index (χ0v) is 14.0. The number of terminal acetylenes is 1. The first-order valence-electron chi connectivity index (χ1n) is 7.44. The van der Waals surface area contributed by atoms with Crippen molar-refractivity contribution in [1.29, 1.82) is 0 Å². The number of hydrogen-bond acceptors (Lipinski definition) is 3. The summed E-state index contributed by atoms with van der Waals surface area (Å²) < 4.78 is 5.36. The molecule has 0 spiro atoms. The molecule has 0 saturated carbocycles. The third kappa shape index (κ3) is 6.05. The maximum Gasteiger partial charge on any atom is 0.191 e. The minimum absolute atomic E-state index is 0.299. The fourth-order valence-corrected chi connectivity index (χ4v) is 2.65. The summed E-state index contributed by atoms with van der Waals surface area (Å²) in [7, 11) is 1.78. The van der Waals surface area contributed by atoms with Gasteiger partial charge in [0.15, 0.2) is 5.96 Å². The van der Waals surface area contributed by atoms with Gasteiger partial charge >= 0.3 is 0 Å². The van der Waals surface area contributed by atoms with Crippen molar-refractivity contribution in [2.75, 3.05) is 20.2 Å². The van der Waals surface area contributed by atoms with Gasteiger partial charge in [0.2, 0.25) is 0 Å². The van der Waals surface area contributed by atoms with Crippen molar-refractivity contribution in [2.24, 2.45) is 4.99 Å². The van der Waals surface area contributed by atoms with E-state index in [2.05, 4.69) is 51.2 Å². The molecule has 2 rings (SSSR count). The van der Waals surface area contributed by atoms with E-state index in [1.807, 2.05) is 12.1 Å². The van der Waals surface area contributed by atoms with Crippen LogP contribution in [0.2, 0.25) is 0 Å². The maximum absolute atomic E-state index is 5.36. The topological polar surface area (TPSA) is 45.6 Å². The van der Waals surface area contributed by atoms with Gasteiger partial charge in [-0.05, 0) is 35.6 Å². The van der Waals surface area contributed by atoms with Crippen LogP contribution in [0.3, 0.4) is 0 Å². The van der Waals surface area contributed by atoms with Crippen LogP contribution in [0.15, 0.2) is 46.8 Å². The molecule has 1 aromatic carbocycles. The number of ether oxygens (including phenoxy) is 1. The predicted octanol–water partition coefficient (Wildman–Crippen LogP) is 2.67. The average Bonchev–Trinajstić information content (AvgIpc) is 3.10. The summed E-state index contributed by atoms with van der Waals surface area (Å²) in [5, 5.41) is 8.69. The van der Waals surface area contributed by atoms with Gasteiger partial charge in [0, 0.05) is 18.5 Å². The second-order valence-corrected chi connectivity index (χ2v) is 5.85. The highest BCUT2D eigenvalue weighted by Crippen LogP contribution is 2.12. The van der Waals surface area contributed by atoms with Crippen LogP contribution in [0.25, 0.3) is 0 Å². The third-order valence-corrected chi connectivity index (χ3v) is 4.06. The minimum Gasteiger partial charge on any atom is -0.481 e. The largest absolute Gasteiger partial charge is 0.481 e. The molecule has 0 aliphatic heterocycles. The second kappa shape index (κ2) is 9.54. The summed E-state index contributed by atoms with van der Waals surface area (Å²) in [5.74, 6) is 4.07. The number of aliphatic imine (C=N–C) groups is 1. The van der Waals surface area contributed by atoms with E-state index in [-0.39, 0.29) is 0 Å². The molecule has 2 aromatic rings. The summed E-state index contributed by atoms with van der Waals surface area (Å²) in [4.78, 5) is 5.51. The van der Waals surface area contributed by atoms with Crippen molar-refractivity contribution in [3.63, 3.8) is 0 Å². The van der Waals surface area contributed by atoms with Gasteiger partial charge < -0.3 is 15.4 Å². The van der Waals surface area contributed by atoms with Gasteiger partial charge in [-0.15, -0.1) is 17.8 Å². The molecule has 0 unspecified atom stereocenters. The van der Waals surface area contributed by atoms with E-state index < -0.39 is 0 Å². The Morgan fingerprint density at radius 1 is 1.26 bits per heavy atom. The lowest BCUT2D eigenvalue weighted by Gasteiger charge is -2.11. The standard InChI is InChI=1S/C18H21N3OS/c1-3-12-22-16-8-6-15(7-9-16)10-11-20-18(19-2)21-14-17-5-4-13-23-17/h1,4-9,13H,10-12,14H2,2H3,(H2,19,20,21). The van der Waals surface area contributed by atoms with Crippen molar-refractivity contribution < 1.29 is 4.74 Å². The molecule has 0 amide bonds. The zero-order chi connectivity index (χ0) is 16.3. The van der Waals surface area contributed by atoms with E-state index in [1.54, 1.807) is 18.4 Å². The van der Waals surface area contributed by atoms with Gasteiger partial charge in [-0.3, -0.25) is 4.99 Å². The van der Waals surface area contributed by atoms with Crippen LogP contribution in [0.5, 0.6) is 5.75 Å². The molecule has 5 heteroatoms. The Kier molecular flexibility index (Phi) is 7.02. The molecule has 1 heterocycles. The average molecular weight is 327 g/mol. The Morgan fingerprint density at radius 3 is 2.74 bits per heavy atom. The highest BCUT2D eigenvalue weighted by molar-refractivity contribution is 7.09. The molecule has 4 nitrogen and oxygen atoms in total. The Balaban J connectivity index is 1.71. The Labute approximate surface area is 141 Å².